The first-order valence-electron chi connectivity index (χ1n) is 12.0. The zero-order chi connectivity index (χ0) is 24.1. The minimum absolute atomic E-state index is 0.103. The number of nitrogens with one attached hydrogen (secondary N) is 3. The van der Waals surface area contributed by atoms with Gasteiger partial charge in [0, 0.05) is 44.0 Å². The maximum atomic E-state index is 12.2. The van der Waals surface area contributed by atoms with Crippen molar-refractivity contribution in [1.82, 2.24) is 15.3 Å². The average molecular weight is 470 g/mol. The number of amides is 1. The number of piperazine rings is 1. The fourth-order valence-electron chi connectivity index (χ4n) is 4.56. The van der Waals surface area contributed by atoms with E-state index in [1.165, 1.54) is 0 Å². The predicted octanol–water partition coefficient (Wildman–Crippen LogP) is 2.02. The molecule has 2 aliphatic rings. The number of ether oxygens (including phenoxy) is 1. The topological polar surface area (TPSA) is 138 Å². The summed E-state index contributed by atoms with van der Waals surface area (Å²) in [5.74, 6) is 1.05. The van der Waals surface area contributed by atoms with Gasteiger partial charge in [0.05, 0.1) is 24.6 Å². The fourth-order valence-corrected chi connectivity index (χ4v) is 4.56. The van der Waals surface area contributed by atoms with Crippen molar-refractivity contribution < 1.29 is 14.6 Å². The van der Waals surface area contributed by atoms with Crippen LogP contribution in [0.5, 0.6) is 5.75 Å². The lowest BCUT2D eigenvalue weighted by Crippen LogP contribution is -2.43. The molecule has 0 radical (unpaired) electrons. The molecule has 1 aromatic heterocycles. The third-order valence-corrected chi connectivity index (χ3v) is 6.47. The molecular formula is C24H35N7O3. The number of aliphatic hydroxyl groups excluding tert-OH is 1. The number of benzene rings is 1. The first-order valence-corrected chi connectivity index (χ1v) is 12.0. The molecule has 0 unspecified atom stereocenters. The minimum Gasteiger partial charge on any atom is -0.495 e. The molecule has 1 saturated heterocycles. The van der Waals surface area contributed by atoms with Gasteiger partial charge in [-0.2, -0.15) is 0 Å². The normalized spacial score (nSPS) is 20.6. The molecule has 10 nitrogen and oxygen atoms in total. The van der Waals surface area contributed by atoms with Gasteiger partial charge in [-0.3, -0.25) is 4.79 Å². The second-order valence-corrected chi connectivity index (χ2v) is 8.83. The summed E-state index contributed by atoms with van der Waals surface area (Å²) in [5, 5.41) is 19.9. The highest BCUT2D eigenvalue weighted by atomic mass is 16.5. The van der Waals surface area contributed by atoms with Crippen LogP contribution in [0.25, 0.3) is 0 Å². The smallest absolute Gasteiger partial charge is 0.271 e. The molecule has 2 heterocycles. The van der Waals surface area contributed by atoms with Gasteiger partial charge in [0.15, 0.2) is 11.5 Å². The number of carbonyl (C=O) groups excluding carboxylic acids is 1. The van der Waals surface area contributed by atoms with Crippen LogP contribution in [-0.2, 0) is 6.42 Å². The molecule has 2 fully saturated rings. The molecule has 10 heteroatoms. The van der Waals surface area contributed by atoms with Crippen molar-refractivity contribution in [2.24, 2.45) is 5.73 Å². The molecule has 1 amide bonds. The fraction of sp³-hybridized carbons (Fsp3) is 0.542. The Labute approximate surface area is 200 Å². The molecule has 2 aromatic rings. The number of carbonyl (C=O) groups is 1. The van der Waals surface area contributed by atoms with Crippen molar-refractivity contribution >= 4 is 28.9 Å². The summed E-state index contributed by atoms with van der Waals surface area (Å²) in [6.07, 6.45) is 3.61. The van der Waals surface area contributed by atoms with Crippen LogP contribution in [0, 0.1) is 0 Å². The van der Waals surface area contributed by atoms with Gasteiger partial charge in [-0.15, -0.1) is 0 Å². The van der Waals surface area contributed by atoms with E-state index in [0.717, 1.165) is 69.0 Å². The van der Waals surface area contributed by atoms with E-state index in [9.17, 15) is 9.90 Å². The summed E-state index contributed by atoms with van der Waals surface area (Å²) >= 11 is 0. The Kier molecular flexibility index (Phi) is 7.69. The monoisotopic (exact) mass is 469 g/mol. The Morgan fingerprint density at radius 2 is 1.94 bits per heavy atom. The lowest BCUT2D eigenvalue weighted by atomic mass is 9.93. The molecule has 0 atom stereocenters. The van der Waals surface area contributed by atoms with Gasteiger partial charge < -0.3 is 36.4 Å². The Hall–Kier alpha value is -3.11. The van der Waals surface area contributed by atoms with E-state index in [1.54, 1.807) is 7.11 Å². The van der Waals surface area contributed by atoms with E-state index in [-0.39, 0.29) is 17.8 Å². The van der Waals surface area contributed by atoms with E-state index < -0.39 is 5.91 Å². The molecule has 184 valence electrons. The van der Waals surface area contributed by atoms with Gasteiger partial charge in [0.1, 0.15) is 11.6 Å². The summed E-state index contributed by atoms with van der Waals surface area (Å²) < 4.78 is 5.66. The van der Waals surface area contributed by atoms with Crippen molar-refractivity contribution in [3.8, 4) is 5.75 Å². The zero-order valence-corrected chi connectivity index (χ0v) is 19.9. The van der Waals surface area contributed by atoms with Crippen LogP contribution in [0.4, 0.5) is 23.0 Å². The van der Waals surface area contributed by atoms with Crippen LogP contribution < -0.4 is 31.3 Å². The molecule has 4 rings (SSSR count). The predicted molar refractivity (Wildman–Crippen MR) is 133 cm³/mol. The Morgan fingerprint density at radius 3 is 2.59 bits per heavy atom. The summed E-state index contributed by atoms with van der Waals surface area (Å²) in [6.45, 7) is 5.65. The van der Waals surface area contributed by atoms with Gasteiger partial charge >= 0.3 is 0 Å². The number of rotatable bonds is 8. The van der Waals surface area contributed by atoms with Crippen LogP contribution in [0.1, 0.15) is 48.8 Å². The minimum atomic E-state index is -0.638. The summed E-state index contributed by atoms with van der Waals surface area (Å²) in [4.78, 5) is 23.8. The van der Waals surface area contributed by atoms with E-state index in [1.807, 2.05) is 25.1 Å². The largest absolute Gasteiger partial charge is 0.495 e. The van der Waals surface area contributed by atoms with Crippen LogP contribution >= 0.6 is 0 Å². The second-order valence-electron chi connectivity index (χ2n) is 8.83. The lowest BCUT2D eigenvalue weighted by molar-refractivity contribution is 0.0996. The molecule has 1 aromatic carbocycles. The van der Waals surface area contributed by atoms with Crippen LogP contribution in [0.15, 0.2) is 18.2 Å². The van der Waals surface area contributed by atoms with E-state index in [4.69, 9.17) is 15.5 Å². The number of hydrogen-bond acceptors (Lipinski definition) is 9. The van der Waals surface area contributed by atoms with Crippen molar-refractivity contribution in [2.45, 2.75) is 51.2 Å². The number of aliphatic hydroxyl groups is 1. The summed E-state index contributed by atoms with van der Waals surface area (Å²) in [7, 11) is 1.65. The highest BCUT2D eigenvalue weighted by Crippen LogP contribution is 2.33. The molecule has 34 heavy (non-hydrogen) atoms. The summed E-state index contributed by atoms with van der Waals surface area (Å²) in [5.41, 5.74) is 8.20. The Bertz CT molecular complexity index is 1000. The van der Waals surface area contributed by atoms with Crippen molar-refractivity contribution in [3.05, 3.63) is 29.6 Å². The zero-order valence-electron chi connectivity index (χ0n) is 19.9. The van der Waals surface area contributed by atoms with Crippen molar-refractivity contribution in [2.75, 3.05) is 48.8 Å². The number of hydrogen-bond donors (Lipinski definition) is 5. The third-order valence-electron chi connectivity index (χ3n) is 6.47. The molecule has 1 saturated carbocycles. The number of aromatic nitrogens is 2. The van der Waals surface area contributed by atoms with E-state index in [0.29, 0.717) is 23.8 Å². The standard InChI is InChI=1S/C24H35N7O3/c1-3-18-23(27-15-4-7-17(32)8-5-15)30-24(21(29-18)22(25)33)28-16-6-9-19(20(14-16)34-2)31-12-10-26-11-13-31/h6,9,14-15,17,26,32H,3-5,7-8,10-13H2,1-2H3,(H2,25,33)(H2,27,28,30)/t15-,17-. The molecular weight excluding hydrogens is 434 g/mol. The van der Waals surface area contributed by atoms with E-state index in [2.05, 4.69) is 25.8 Å². The summed E-state index contributed by atoms with van der Waals surface area (Å²) in [6, 6.07) is 6.05. The number of primary amides is 1. The maximum Gasteiger partial charge on any atom is 0.271 e. The number of anilines is 4. The van der Waals surface area contributed by atoms with Crippen molar-refractivity contribution in [3.63, 3.8) is 0 Å². The van der Waals surface area contributed by atoms with Gasteiger partial charge in [-0.05, 0) is 44.2 Å². The highest BCUT2D eigenvalue weighted by Gasteiger charge is 2.23. The number of aryl methyl sites for hydroxylation is 1. The van der Waals surface area contributed by atoms with Gasteiger partial charge in [-0.1, -0.05) is 6.92 Å². The van der Waals surface area contributed by atoms with Gasteiger partial charge in [-0.25, -0.2) is 9.97 Å². The molecule has 1 aliphatic heterocycles. The van der Waals surface area contributed by atoms with E-state index >= 15 is 0 Å². The molecule has 0 spiro atoms. The van der Waals surface area contributed by atoms with Crippen LogP contribution in [0.2, 0.25) is 0 Å². The SMILES string of the molecule is CCc1nc(C(N)=O)c(Nc2ccc(N3CCNCC3)c(OC)c2)nc1N[C@H]1CC[C@H](O)CC1. The molecule has 1 aliphatic carbocycles. The number of nitrogens with zero attached hydrogens (tertiary/aromatic N) is 3. The van der Waals surface area contributed by atoms with Crippen LogP contribution in [-0.4, -0.2) is 66.4 Å². The Morgan fingerprint density at radius 1 is 1.21 bits per heavy atom. The second kappa shape index (κ2) is 10.9. The van der Waals surface area contributed by atoms with Crippen LogP contribution in [0.3, 0.4) is 0 Å². The first kappa shape index (κ1) is 24.0. The Balaban J connectivity index is 1.61. The highest BCUT2D eigenvalue weighted by molar-refractivity contribution is 5.96. The van der Waals surface area contributed by atoms with Gasteiger partial charge in [0.25, 0.3) is 5.91 Å². The first-order chi connectivity index (χ1) is 16.5. The van der Waals surface area contributed by atoms with Gasteiger partial charge in [0.2, 0.25) is 0 Å². The molecule has 6 N–H and O–H groups in total. The lowest BCUT2D eigenvalue weighted by Gasteiger charge is -2.30. The molecule has 0 bridgehead atoms. The third kappa shape index (κ3) is 5.51. The quantitative estimate of drug-likeness (QED) is 0.393. The maximum absolute atomic E-state index is 12.2. The van der Waals surface area contributed by atoms with Crippen molar-refractivity contribution in [1.29, 1.82) is 0 Å². The number of methoxy groups -OCH3 is 1. The number of nitrogens with two attached hydrogens (primary N) is 1. The average Bonchev–Trinajstić information content (AvgIpc) is 2.86.